The number of rotatable bonds is 4. The third kappa shape index (κ3) is 2.86. The normalized spacial score (nSPS) is 9.92. The van der Waals surface area contributed by atoms with Crippen LogP contribution in [0, 0.1) is 0 Å². The molecule has 0 saturated carbocycles. The van der Waals surface area contributed by atoms with Crippen LogP contribution < -0.4 is 5.32 Å². The molecule has 0 aliphatic rings. The van der Waals surface area contributed by atoms with Crippen molar-refractivity contribution >= 4 is 5.69 Å². The number of aromatic hydroxyl groups is 2. The Morgan fingerprint density at radius 3 is 2.62 bits per heavy atom. The molecule has 3 heteroatoms. The second kappa shape index (κ2) is 4.60. The molecule has 0 bridgehead atoms. The fourth-order valence-corrected chi connectivity index (χ4v) is 1.04. The van der Waals surface area contributed by atoms with E-state index in [0.29, 0.717) is 0 Å². The van der Waals surface area contributed by atoms with Gasteiger partial charge in [-0.1, -0.05) is 13.3 Å². The fourth-order valence-electron chi connectivity index (χ4n) is 1.04. The first kappa shape index (κ1) is 9.71. The Balaban J connectivity index is 2.53. The summed E-state index contributed by atoms with van der Waals surface area (Å²) in [6.07, 6.45) is 2.23. The van der Waals surface area contributed by atoms with E-state index in [1.54, 1.807) is 6.07 Å². The Kier molecular flexibility index (Phi) is 3.43. The van der Waals surface area contributed by atoms with Crippen molar-refractivity contribution < 1.29 is 10.2 Å². The van der Waals surface area contributed by atoms with Gasteiger partial charge in [0.15, 0.2) is 11.5 Å². The highest BCUT2D eigenvalue weighted by atomic mass is 16.3. The topological polar surface area (TPSA) is 52.5 Å². The summed E-state index contributed by atoms with van der Waals surface area (Å²) in [5.41, 5.74) is 0.837. The van der Waals surface area contributed by atoms with E-state index in [4.69, 9.17) is 10.2 Å². The molecule has 0 radical (unpaired) electrons. The van der Waals surface area contributed by atoms with E-state index < -0.39 is 0 Å². The summed E-state index contributed by atoms with van der Waals surface area (Å²) < 4.78 is 0. The molecule has 0 amide bonds. The zero-order valence-electron chi connectivity index (χ0n) is 7.75. The number of phenolic OH excluding ortho intramolecular Hbond substituents is 2. The zero-order chi connectivity index (χ0) is 9.68. The van der Waals surface area contributed by atoms with Crippen molar-refractivity contribution in [1.82, 2.24) is 0 Å². The molecule has 0 aliphatic heterocycles. The van der Waals surface area contributed by atoms with E-state index in [-0.39, 0.29) is 11.5 Å². The van der Waals surface area contributed by atoms with E-state index in [9.17, 15) is 0 Å². The summed E-state index contributed by atoms with van der Waals surface area (Å²) in [4.78, 5) is 0. The molecule has 1 aromatic carbocycles. The maximum absolute atomic E-state index is 9.17. The average molecular weight is 181 g/mol. The van der Waals surface area contributed by atoms with Gasteiger partial charge in [-0.15, -0.1) is 0 Å². The molecule has 0 spiro atoms. The van der Waals surface area contributed by atoms with Crippen LogP contribution in [-0.2, 0) is 0 Å². The van der Waals surface area contributed by atoms with Crippen molar-refractivity contribution in [2.45, 2.75) is 19.8 Å². The molecule has 3 nitrogen and oxygen atoms in total. The molecule has 72 valence electrons. The van der Waals surface area contributed by atoms with Gasteiger partial charge in [0.05, 0.1) is 0 Å². The lowest BCUT2D eigenvalue weighted by Gasteiger charge is -2.06. The second-order valence-corrected chi connectivity index (χ2v) is 2.98. The molecule has 1 rings (SSSR count). The third-order valence-electron chi connectivity index (χ3n) is 1.83. The summed E-state index contributed by atoms with van der Waals surface area (Å²) in [5.74, 6) is -0.164. The molecule has 0 unspecified atom stereocenters. The van der Waals surface area contributed by atoms with Crippen molar-refractivity contribution in [2.75, 3.05) is 11.9 Å². The highest BCUT2D eigenvalue weighted by molar-refractivity contribution is 5.53. The van der Waals surface area contributed by atoms with Gasteiger partial charge in [0, 0.05) is 18.3 Å². The molecule has 0 atom stereocenters. The second-order valence-electron chi connectivity index (χ2n) is 2.98. The molecule has 0 fully saturated rings. The summed E-state index contributed by atoms with van der Waals surface area (Å²) in [6, 6.07) is 4.74. The Bertz CT molecular complexity index is 274. The first-order valence-corrected chi connectivity index (χ1v) is 4.50. The minimum absolute atomic E-state index is 0.0819. The highest BCUT2D eigenvalue weighted by Crippen LogP contribution is 2.27. The SMILES string of the molecule is CCCCNc1ccc(O)c(O)c1. The van der Waals surface area contributed by atoms with Crippen LogP contribution >= 0.6 is 0 Å². The number of hydrogen-bond donors (Lipinski definition) is 3. The first-order chi connectivity index (χ1) is 6.24. The van der Waals surface area contributed by atoms with E-state index in [1.807, 2.05) is 0 Å². The largest absolute Gasteiger partial charge is 0.504 e. The molecule has 0 aliphatic carbocycles. The average Bonchev–Trinajstić information content (AvgIpc) is 2.12. The number of hydrogen-bond acceptors (Lipinski definition) is 3. The van der Waals surface area contributed by atoms with Crippen molar-refractivity contribution in [3.8, 4) is 11.5 Å². The van der Waals surface area contributed by atoms with Gasteiger partial charge in [-0.25, -0.2) is 0 Å². The Morgan fingerprint density at radius 2 is 2.00 bits per heavy atom. The number of phenols is 2. The van der Waals surface area contributed by atoms with Crippen LogP contribution in [0.5, 0.6) is 11.5 Å². The van der Waals surface area contributed by atoms with Gasteiger partial charge in [0.1, 0.15) is 0 Å². The zero-order valence-corrected chi connectivity index (χ0v) is 7.75. The third-order valence-corrected chi connectivity index (χ3v) is 1.83. The highest BCUT2D eigenvalue weighted by Gasteiger charge is 1.98. The number of anilines is 1. The van der Waals surface area contributed by atoms with Crippen LogP contribution in [0.4, 0.5) is 5.69 Å². The van der Waals surface area contributed by atoms with Crippen LogP contribution in [0.15, 0.2) is 18.2 Å². The fraction of sp³-hybridized carbons (Fsp3) is 0.400. The van der Waals surface area contributed by atoms with Crippen molar-refractivity contribution in [3.63, 3.8) is 0 Å². The quantitative estimate of drug-likeness (QED) is 0.379. The molecule has 3 N–H and O–H groups in total. The standard InChI is InChI=1S/C10H15NO2/c1-2-3-6-11-8-4-5-9(12)10(13)7-8/h4-5,7,11-13H,2-3,6H2,1H3. The van der Waals surface area contributed by atoms with Crippen LogP contribution in [0.25, 0.3) is 0 Å². The monoisotopic (exact) mass is 181 g/mol. The lowest BCUT2D eigenvalue weighted by atomic mass is 10.2. The number of benzene rings is 1. The van der Waals surface area contributed by atoms with Gasteiger partial charge >= 0.3 is 0 Å². The van der Waals surface area contributed by atoms with Crippen molar-refractivity contribution in [2.24, 2.45) is 0 Å². The van der Waals surface area contributed by atoms with Gasteiger partial charge in [-0.05, 0) is 18.6 Å². The summed E-state index contributed by atoms with van der Waals surface area (Å²) >= 11 is 0. The Morgan fingerprint density at radius 1 is 1.23 bits per heavy atom. The van der Waals surface area contributed by atoms with Gasteiger partial charge in [-0.2, -0.15) is 0 Å². The smallest absolute Gasteiger partial charge is 0.159 e. The molecular weight excluding hydrogens is 166 g/mol. The maximum atomic E-state index is 9.17. The van der Waals surface area contributed by atoms with Crippen LogP contribution in [0.2, 0.25) is 0 Å². The van der Waals surface area contributed by atoms with Gasteiger partial charge in [-0.3, -0.25) is 0 Å². The summed E-state index contributed by atoms with van der Waals surface area (Å²) in [6.45, 7) is 3.01. The lowest BCUT2D eigenvalue weighted by molar-refractivity contribution is 0.404. The van der Waals surface area contributed by atoms with Crippen LogP contribution in [0.3, 0.4) is 0 Å². The number of unbranched alkanes of at least 4 members (excludes halogenated alkanes) is 1. The van der Waals surface area contributed by atoms with Crippen LogP contribution in [-0.4, -0.2) is 16.8 Å². The van der Waals surface area contributed by atoms with Crippen LogP contribution in [0.1, 0.15) is 19.8 Å². The Labute approximate surface area is 78.0 Å². The molecular formula is C10H15NO2. The maximum Gasteiger partial charge on any atom is 0.159 e. The van der Waals surface area contributed by atoms with E-state index in [2.05, 4.69) is 12.2 Å². The predicted molar refractivity (Wildman–Crippen MR) is 53.2 cm³/mol. The minimum atomic E-state index is -0.0824. The van der Waals surface area contributed by atoms with E-state index in [1.165, 1.54) is 12.1 Å². The summed E-state index contributed by atoms with van der Waals surface area (Å²) in [5, 5.41) is 21.3. The lowest BCUT2D eigenvalue weighted by Crippen LogP contribution is -2.00. The van der Waals surface area contributed by atoms with Gasteiger partial charge in [0.2, 0.25) is 0 Å². The molecule has 0 aromatic heterocycles. The molecule has 0 saturated heterocycles. The summed E-state index contributed by atoms with van der Waals surface area (Å²) in [7, 11) is 0. The molecule has 1 aromatic rings. The minimum Gasteiger partial charge on any atom is -0.504 e. The van der Waals surface area contributed by atoms with Gasteiger partial charge in [0.25, 0.3) is 0 Å². The van der Waals surface area contributed by atoms with Crippen molar-refractivity contribution in [1.29, 1.82) is 0 Å². The van der Waals surface area contributed by atoms with Crippen molar-refractivity contribution in [3.05, 3.63) is 18.2 Å². The molecule has 0 heterocycles. The van der Waals surface area contributed by atoms with Gasteiger partial charge < -0.3 is 15.5 Å². The number of nitrogens with one attached hydrogen (secondary N) is 1. The molecule has 13 heavy (non-hydrogen) atoms. The van der Waals surface area contributed by atoms with E-state index >= 15 is 0 Å². The predicted octanol–water partition coefficient (Wildman–Crippen LogP) is 2.31. The first-order valence-electron chi connectivity index (χ1n) is 4.50. The Hall–Kier alpha value is -1.38. The van der Waals surface area contributed by atoms with E-state index in [0.717, 1.165) is 25.1 Å².